The molecular formula is C16H24N4O3S2. The minimum absolute atomic E-state index is 0.244. The summed E-state index contributed by atoms with van der Waals surface area (Å²) < 4.78 is 27.8. The number of nitrogens with zero attached hydrogens (tertiary/aromatic N) is 2. The van der Waals surface area contributed by atoms with Crippen molar-refractivity contribution in [2.45, 2.75) is 30.9 Å². The second kappa shape index (κ2) is 9.23. The normalized spacial score (nSPS) is 12.0. The molecule has 2 aromatic rings. The van der Waals surface area contributed by atoms with E-state index in [4.69, 9.17) is 0 Å². The van der Waals surface area contributed by atoms with Crippen LogP contribution in [0.4, 0.5) is 0 Å². The fourth-order valence-corrected chi connectivity index (χ4v) is 4.80. The van der Waals surface area contributed by atoms with Crippen LogP contribution in [-0.4, -0.2) is 49.7 Å². The van der Waals surface area contributed by atoms with Crippen LogP contribution in [0.1, 0.15) is 26.7 Å². The molecule has 2 N–H and O–H groups in total. The van der Waals surface area contributed by atoms with Crippen molar-refractivity contribution in [1.29, 1.82) is 0 Å². The number of aromatic nitrogens is 2. The van der Waals surface area contributed by atoms with E-state index in [9.17, 15) is 13.2 Å². The van der Waals surface area contributed by atoms with Gasteiger partial charge in [0, 0.05) is 19.2 Å². The zero-order valence-corrected chi connectivity index (χ0v) is 16.1. The van der Waals surface area contributed by atoms with E-state index in [1.165, 1.54) is 6.07 Å². The second-order valence-corrected chi connectivity index (χ2v) is 8.74. The molecule has 138 valence electrons. The predicted molar refractivity (Wildman–Crippen MR) is 100 cm³/mol. The van der Waals surface area contributed by atoms with Gasteiger partial charge in [0.05, 0.1) is 4.88 Å². The number of rotatable bonds is 10. The summed E-state index contributed by atoms with van der Waals surface area (Å²) in [5, 5.41) is 6.27. The molecule has 2 aromatic heterocycles. The summed E-state index contributed by atoms with van der Waals surface area (Å²) in [6, 6.07) is 6.19. The quantitative estimate of drug-likeness (QED) is 0.652. The van der Waals surface area contributed by atoms with E-state index in [1.807, 2.05) is 0 Å². The summed E-state index contributed by atoms with van der Waals surface area (Å²) >= 11 is 1.13. The molecule has 0 aliphatic heterocycles. The van der Waals surface area contributed by atoms with Gasteiger partial charge in [0.15, 0.2) is 0 Å². The summed E-state index contributed by atoms with van der Waals surface area (Å²) in [4.78, 5) is 14.0. The summed E-state index contributed by atoms with van der Waals surface area (Å²) in [5.41, 5.74) is 0.252. The number of H-pyrrole nitrogens is 1. The highest BCUT2D eigenvalue weighted by molar-refractivity contribution is 7.91. The summed E-state index contributed by atoms with van der Waals surface area (Å²) in [7, 11) is -3.54. The van der Waals surface area contributed by atoms with Crippen molar-refractivity contribution in [3.63, 3.8) is 0 Å². The monoisotopic (exact) mass is 384 g/mol. The highest BCUT2D eigenvalue weighted by atomic mass is 32.2. The molecule has 2 rings (SSSR count). The van der Waals surface area contributed by atoms with Gasteiger partial charge in [-0.05, 0) is 44.1 Å². The van der Waals surface area contributed by atoms with Crippen molar-refractivity contribution in [1.82, 2.24) is 19.8 Å². The fraction of sp³-hybridized carbons (Fsp3) is 0.500. The van der Waals surface area contributed by atoms with Crippen LogP contribution >= 0.6 is 11.3 Å². The maximum absolute atomic E-state index is 12.4. The molecule has 0 aliphatic carbocycles. The van der Waals surface area contributed by atoms with E-state index in [2.05, 4.69) is 33.7 Å². The Hall–Kier alpha value is -1.55. The Morgan fingerprint density at radius 2 is 1.84 bits per heavy atom. The van der Waals surface area contributed by atoms with Crippen molar-refractivity contribution in [3.05, 3.63) is 34.6 Å². The molecule has 7 nitrogen and oxygen atoms in total. The summed E-state index contributed by atoms with van der Waals surface area (Å²) in [6.07, 6.45) is 2.10. The Morgan fingerprint density at radius 3 is 2.44 bits per heavy atom. The molecule has 0 unspecified atom stereocenters. The molecule has 0 radical (unpaired) electrons. The Morgan fingerprint density at radius 1 is 1.12 bits per heavy atom. The van der Waals surface area contributed by atoms with Crippen LogP contribution in [0.25, 0.3) is 10.6 Å². The molecule has 0 aromatic carbocycles. The Bertz CT molecular complexity index is 803. The van der Waals surface area contributed by atoms with Gasteiger partial charge in [0.2, 0.25) is 10.0 Å². The van der Waals surface area contributed by atoms with E-state index in [1.54, 1.807) is 18.2 Å². The van der Waals surface area contributed by atoms with Gasteiger partial charge >= 0.3 is 0 Å². The number of hydrogen-bond donors (Lipinski definition) is 2. The molecule has 9 heteroatoms. The number of aromatic amines is 1. The van der Waals surface area contributed by atoms with Crippen molar-refractivity contribution < 1.29 is 8.42 Å². The van der Waals surface area contributed by atoms with Crippen LogP contribution in [0.15, 0.2) is 33.3 Å². The molecule has 0 spiro atoms. The van der Waals surface area contributed by atoms with Gasteiger partial charge in [0.25, 0.3) is 5.56 Å². The van der Waals surface area contributed by atoms with E-state index in [0.29, 0.717) is 23.7 Å². The van der Waals surface area contributed by atoms with Crippen LogP contribution in [0, 0.1) is 0 Å². The third-order valence-electron chi connectivity index (χ3n) is 3.58. The molecule has 0 bridgehead atoms. The van der Waals surface area contributed by atoms with Crippen molar-refractivity contribution in [2.75, 3.05) is 26.2 Å². The maximum Gasteiger partial charge on any atom is 0.264 e. The predicted octanol–water partition coefficient (Wildman–Crippen LogP) is 1.90. The lowest BCUT2D eigenvalue weighted by Gasteiger charge is -2.20. The van der Waals surface area contributed by atoms with Gasteiger partial charge < -0.3 is 4.90 Å². The number of nitrogens with one attached hydrogen (secondary N) is 2. The fourth-order valence-electron chi connectivity index (χ4n) is 2.46. The van der Waals surface area contributed by atoms with E-state index in [-0.39, 0.29) is 9.77 Å². The summed E-state index contributed by atoms with van der Waals surface area (Å²) in [6.45, 7) is 7.25. The molecule has 0 aliphatic rings. The SMILES string of the molecule is CCCN(CCC)CCNS(=O)(=O)c1ccc(-c2ccc(=O)[nH]n2)s1. The zero-order chi connectivity index (χ0) is 18.3. The van der Waals surface area contributed by atoms with Crippen LogP contribution in [0.3, 0.4) is 0 Å². The van der Waals surface area contributed by atoms with Gasteiger partial charge in [0.1, 0.15) is 9.90 Å². The van der Waals surface area contributed by atoms with Crippen molar-refractivity contribution in [3.8, 4) is 10.6 Å². The van der Waals surface area contributed by atoms with E-state index < -0.39 is 10.0 Å². The highest BCUT2D eigenvalue weighted by Crippen LogP contribution is 2.28. The van der Waals surface area contributed by atoms with Crippen LogP contribution in [0.5, 0.6) is 0 Å². The van der Waals surface area contributed by atoms with E-state index in [0.717, 1.165) is 37.3 Å². The summed E-state index contributed by atoms with van der Waals surface area (Å²) in [5.74, 6) is 0. The number of hydrogen-bond acceptors (Lipinski definition) is 6. The van der Waals surface area contributed by atoms with Gasteiger partial charge in [-0.1, -0.05) is 13.8 Å². The van der Waals surface area contributed by atoms with Gasteiger partial charge in [-0.2, -0.15) is 5.10 Å². The van der Waals surface area contributed by atoms with Gasteiger partial charge in [-0.15, -0.1) is 11.3 Å². The molecule has 0 fully saturated rings. The molecule has 25 heavy (non-hydrogen) atoms. The first kappa shape index (κ1) is 19.8. The van der Waals surface area contributed by atoms with Gasteiger partial charge in [-0.25, -0.2) is 18.2 Å². The van der Waals surface area contributed by atoms with Gasteiger partial charge in [-0.3, -0.25) is 4.79 Å². The molecule has 0 atom stereocenters. The minimum atomic E-state index is -3.54. The zero-order valence-electron chi connectivity index (χ0n) is 14.5. The maximum atomic E-state index is 12.4. The first-order valence-corrected chi connectivity index (χ1v) is 10.6. The first-order valence-electron chi connectivity index (χ1n) is 8.34. The minimum Gasteiger partial charge on any atom is -0.302 e. The third kappa shape index (κ3) is 5.74. The molecule has 0 saturated carbocycles. The van der Waals surface area contributed by atoms with E-state index >= 15 is 0 Å². The molecule has 2 heterocycles. The van der Waals surface area contributed by atoms with Crippen molar-refractivity contribution in [2.24, 2.45) is 0 Å². The standard InChI is InChI=1S/C16H24N4O3S2/c1-3-10-20(11-4-2)12-9-17-25(22,23)16-8-6-14(24-16)13-5-7-15(21)19-18-13/h5-8,17H,3-4,9-12H2,1-2H3,(H,19,21). The lowest BCUT2D eigenvalue weighted by atomic mass is 10.3. The van der Waals surface area contributed by atoms with Crippen LogP contribution in [0.2, 0.25) is 0 Å². The average molecular weight is 385 g/mol. The topological polar surface area (TPSA) is 95.2 Å². The molecule has 0 amide bonds. The smallest absolute Gasteiger partial charge is 0.264 e. The third-order valence-corrected chi connectivity index (χ3v) is 6.64. The molecule has 0 saturated heterocycles. The first-order chi connectivity index (χ1) is 12.0. The molecular weight excluding hydrogens is 360 g/mol. The number of sulfonamides is 1. The van der Waals surface area contributed by atoms with Crippen LogP contribution in [-0.2, 0) is 10.0 Å². The lowest BCUT2D eigenvalue weighted by molar-refractivity contribution is 0.279. The largest absolute Gasteiger partial charge is 0.302 e. The number of thiophene rings is 1. The average Bonchev–Trinajstić information content (AvgIpc) is 3.07. The lowest BCUT2D eigenvalue weighted by Crippen LogP contribution is -2.35. The Balaban J connectivity index is 2.00. The second-order valence-electron chi connectivity index (χ2n) is 5.66. The highest BCUT2D eigenvalue weighted by Gasteiger charge is 2.17. The van der Waals surface area contributed by atoms with Crippen molar-refractivity contribution >= 4 is 21.4 Å². The van der Waals surface area contributed by atoms with Crippen LogP contribution < -0.4 is 10.3 Å². The Kier molecular flexibility index (Phi) is 7.30. The Labute approximate surface area is 152 Å².